The third kappa shape index (κ3) is 2.20. The van der Waals surface area contributed by atoms with E-state index in [1.54, 1.807) is 12.5 Å². The summed E-state index contributed by atoms with van der Waals surface area (Å²) in [7, 11) is 0. The molecule has 3 nitrogen and oxygen atoms in total. The maximum absolute atomic E-state index is 10.5. The average molecular weight is 298 g/mol. The van der Waals surface area contributed by atoms with Crippen LogP contribution in [0.4, 0.5) is 0 Å². The zero-order valence-corrected chi connectivity index (χ0v) is 12.6. The minimum absolute atomic E-state index is 0.278. The highest BCUT2D eigenvalue weighted by atomic mass is 16.3. The summed E-state index contributed by atoms with van der Waals surface area (Å²) < 4.78 is 5.08. The summed E-state index contributed by atoms with van der Waals surface area (Å²) in [5, 5.41) is 19.8. The fourth-order valence-electron chi connectivity index (χ4n) is 4.52. The summed E-state index contributed by atoms with van der Waals surface area (Å²) in [5.41, 5.74) is 4.61. The molecule has 3 aliphatic carbocycles. The Morgan fingerprint density at radius 2 is 2.05 bits per heavy atom. The Morgan fingerprint density at radius 1 is 1.14 bits per heavy atom. The maximum Gasteiger partial charge on any atom is 0.107 e. The SMILES string of the molecule is OCC[C@@H]1C[C@H]2CC[C@@H]1c1cc(C(O)c3ccoc3)ccc12. The van der Waals surface area contributed by atoms with Gasteiger partial charge in [0.15, 0.2) is 0 Å². The number of hydrogen-bond acceptors (Lipinski definition) is 3. The molecule has 116 valence electrons. The molecule has 3 aliphatic rings. The number of benzene rings is 1. The highest BCUT2D eigenvalue weighted by Crippen LogP contribution is 2.53. The summed E-state index contributed by atoms with van der Waals surface area (Å²) in [6, 6.07) is 8.26. The average Bonchev–Trinajstić information content (AvgIpc) is 3.09. The molecule has 1 unspecified atom stereocenters. The van der Waals surface area contributed by atoms with Crippen molar-refractivity contribution in [2.24, 2.45) is 5.92 Å². The molecule has 1 saturated carbocycles. The second-order valence-electron chi connectivity index (χ2n) is 6.74. The van der Waals surface area contributed by atoms with E-state index in [9.17, 15) is 10.2 Å². The minimum Gasteiger partial charge on any atom is -0.472 e. The molecule has 0 spiro atoms. The number of fused-ring (bicyclic) bond motifs is 2. The highest BCUT2D eigenvalue weighted by molar-refractivity contribution is 5.43. The monoisotopic (exact) mass is 298 g/mol. The van der Waals surface area contributed by atoms with Gasteiger partial charge in [-0.05, 0) is 66.2 Å². The predicted molar refractivity (Wildman–Crippen MR) is 83.7 cm³/mol. The van der Waals surface area contributed by atoms with Gasteiger partial charge in [-0.15, -0.1) is 0 Å². The first-order valence-corrected chi connectivity index (χ1v) is 8.22. The fourth-order valence-corrected chi connectivity index (χ4v) is 4.52. The molecule has 1 aromatic heterocycles. The summed E-state index contributed by atoms with van der Waals surface area (Å²) >= 11 is 0. The molecule has 2 N–H and O–H groups in total. The number of furan rings is 1. The van der Waals surface area contributed by atoms with Crippen LogP contribution in [0.1, 0.15) is 65.9 Å². The van der Waals surface area contributed by atoms with E-state index in [2.05, 4.69) is 18.2 Å². The molecule has 1 heterocycles. The summed E-state index contributed by atoms with van der Waals surface area (Å²) in [6.45, 7) is 0.278. The zero-order chi connectivity index (χ0) is 15.1. The van der Waals surface area contributed by atoms with Crippen LogP contribution in [0, 0.1) is 5.92 Å². The van der Waals surface area contributed by atoms with Gasteiger partial charge < -0.3 is 14.6 Å². The van der Waals surface area contributed by atoms with Crippen molar-refractivity contribution in [2.75, 3.05) is 6.61 Å². The second-order valence-corrected chi connectivity index (χ2v) is 6.74. The van der Waals surface area contributed by atoms with Crippen LogP contribution in [0.3, 0.4) is 0 Å². The summed E-state index contributed by atoms with van der Waals surface area (Å²) in [6.07, 6.45) is 7.16. The Labute approximate surface area is 130 Å². The highest BCUT2D eigenvalue weighted by Gasteiger charge is 2.39. The van der Waals surface area contributed by atoms with Crippen molar-refractivity contribution in [3.63, 3.8) is 0 Å². The molecule has 4 atom stereocenters. The first-order chi connectivity index (χ1) is 10.8. The standard InChI is InChI=1S/C19H22O3/c20-7-5-13-9-12-1-3-17(13)18-10-14(2-4-16(12)18)19(21)15-6-8-22-11-15/h2,4,6,8,10-13,17,19-21H,1,3,5,7,9H2/t12-,13-,17+,19?/m1/s1. The van der Waals surface area contributed by atoms with Crippen LogP contribution in [0.15, 0.2) is 41.2 Å². The van der Waals surface area contributed by atoms with Crippen molar-refractivity contribution >= 4 is 0 Å². The fraction of sp³-hybridized carbons (Fsp3) is 0.474. The quantitative estimate of drug-likeness (QED) is 0.904. The van der Waals surface area contributed by atoms with Gasteiger partial charge in [0.25, 0.3) is 0 Å². The zero-order valence-electron chi connectivity index (χ0n) is 12.6. The third-order valence-electron chi connectivity index (χ3n) is 5.61. The van der Waals surface area contributed by atoms with Gasteiger partial charge in [-0.1, -0.05) is 18.2 Å². The lowest BCUT2D eigenvalue weighted by atomic mass is 9.61. The normalized spacial score (nSPS) is 27.6. The molecule has 3 heteroatoms. The van der Waals surface area contributed by atoms with Gasteiger partial charge in [-0.25, -0.2) is 0 Å². The van der Waals surface area contributed by atoms with E-state index < -0.39 is 6.10 Å². The molecule has 2 aromatic rings. The van der Waals surface area contributed by atoms with Crippen molar-refractivity contribution in [1.82, 2.24) is 0 Å². The number of aliphatic hydroxyl groups excluding tert-OH is 2. The smallest absolute Gasteiger partial charge is 0.107 e. The van der Waals surface area contributed by atoms with Crippen molar-refractivity contribution in [2.45, 2.75) is 43.6 Å². The van der Waals surface area contributed by atoms with Gasteiger partial charge in [0, 0.05) is 12.2 Å². The van der Waals surface area contributed by atoms with Crippen molar-refractivity contribution in [1.29, 1.82) is 0 Å². The van der Waals surface area contributed by atoms with Gasteiger partial charge in [-0.3, -0.25) is 0 Å². The minimum atomic E-state index is -0.624. The molecule has 1 aromatic carbocycles. The number of aliphatic hydroxyl groups is 2. The van der Waals surface area contributed by atoms with Crippen LogP contribution >= 0.6 is 0 Å². The Hall–Kier alpha value is -1.58. The van der Waals surface area contributed by atoms with Crippen LogP contribution in [0.25, 0.3) is 0 Å². The van der Waals surface area contributed by atoms with E-state index in [1.807, 2.05) is 6.07 Å². The lowest BCUT2D eigenvalue weighted by molar-refractivity contribution is 0.184. The lowest BCUT2D eigenvalue weighted by Gasteiger charge is -2.44. The van der Waals surface area contributed by atoms with E-state index in [0.717, 1.165) is 17.5 Å². The molecule has 22 heavy (non-hydrogen) atoms. The molecule has 2 bridgehead atoms. The Bertz CT molecular complexity index is 647. The third-order valence-corrected chi connectivity index (χ3v) is 5.61. The van der Waals surface area contributed by atoms with Crippen LogP contribution in [-0.4, -0.2) is 16.8 Å². The van der Waals surface area contributed by atoms with Crippen molar-refractivity contribution in [3.8, 4) is 0 Å². The topological polar surface area (TPSA) is 53.6 Å². The molecule has 5 rings (SSSR count). The summed E-state index contributed by atoms with van der Waals surface area (Å²) in [5.74, 6) is 1.78. The van der Waals surface area contributed by atoms with E-state index in [0.29, 0.717) is 17.8 Å². The first-order valence-electron chi connectivity index (χ1n) is 8.22. The van der Waals surface area contributed by atoms with Crippen LogP contribution in [0.5, 0.6) is 0 Å². The number of hydrogen-bond donors (Lipinski definition) is 2. The summed E-state index contributed by atoms with van der Waals surface area (Å²) in [4.78, 5) is 0. The van der Waals surface area contributed by atoms with Crippen molar-refractivity contribution in [3.05, 3.63) is 59.0 Å². The van der Waals surface area contributed by atoms with Crippen LogP contribution in [0.2, 0.25) is 0 Å². The maximum atomic E-state index is 10.5. The van der Waals surface area contributed by atoms with Crippen LogP contribution < -0.4 is 0 Å². The van der Waals surface area contributed by atoms with Crippen molar-refractivity contribution < 1.29 is 14.6 Å². The van der Waals surface area contributed by atoms with Crippen LogP contribution in [-0.2, 0) is 0 Å². The number of rotatable bonds is 4. The lowest BCUT2D eigenvalue weighted by Crippen LogP contribution is -2.30. The van der Waals surface area contributed by atoms with E-state index in [-0.39, 0.29) is 6.61 Å². The Morgan fingerprint density at radius 3 is 2.82 bits per heavy atom. The Kier molecular flexibility index (Phi) is 3.55. The van der Waals surface area contributed by atoms with E-state index in [4.69, 9.17) is 4.42 Å². The molecule has 0 amide bonds. The van der Waals surface area contributed by atoms with Gasteiger partial charge in [-0.2, -0.15) is 0 Å². The van der Waals surface area contributed by atoms with Gasteiger partial charge in [0.1, 0.15) is 6.10 Å². The Balaban J connectivity index is 1.69. The first kappa shape index (κ1) is 14.0. The molecule has 1 fully saturated rings. The molecular weight excluding hydrogens is 276 g/mol. The van der Waals surface area contributed by atoms with Gasteiger partial charge >= 0.3 is 0 Å². The molecule has 0 radical (unpaired) electrons. The second kappa shape index (κ2) is 5.56. The molecular formula is C19H22O3. The molecule has 0 aliphatic heterocycles. The van der Waals surface area contributed by atoms with Gasteiger partial charge in [0.2, 0.25) is 0 Å². The predicted octanol–water partition coefficient (Wildman–Crippen LogP) is 3.72. The van der Waals surface area contributed by atoms with Gasteiger partial charge in [0.05, 0.1) is 12.5 Å². The van der Waals surface area contributed by atoms with E-state index in [1.165, 1.54) is 30.4 Å². The largest absolute Gasteiger partial charge is 0.472 e. The van der Waals surface area contributed by atoms with E-state index >= 15 is 0 Å². The molecule has 0 saturated heterocycles.